The molecule has 9 heteroatoms. The normalized spacial score (nSPS) is 24.0. The number of nitrogens with one attached hydrogen (secondary N) is 1. The first-order valence-corrected chi connectivity index (χ1v) is 10.5. The van der Waals surface area contributed by atoms with E-state index in [1.54, 1.807) is 0 Å². The smallest absolute Gasteiger partial charge is 0.183 e. The van der Waals surface area contributed by atoms with Crippen molar-refractivity contribution < 1.29 is 26.0 Å². The van der Waals surface area contributed by atoms with Crippen molar-refractivity contribution >= 4 is 19.7 Å². The Kier molecular flexibility index (Phi) is 5.44. The summed E-state index contributed by atoms with van der Waals surface area (Å²) in [5, 5.41) is 1.84. The summed E-state index contributed by atoms with van der Waals surface area (Å²) in [4.78, 5) is -0.0583. The van der Waals surface area contributed by atoms with Gasteiger partial charge in [-0.3, -0.25) is 0 Å². The number of methoxy groups -OCH3 is 1. The molecule has 23 heavy (non-hydrogen) atoms. The van der Waals surface area contributed by atoms with Crippen LogP contribution >= 0.6 is 0 Å². The number of rotatable bonds is 6. The number of ether oxygens (including phenoxy) is 1. The number of sulfone groups is 2. The molecule has 0 bridgehead atoms. The Morgan fingerprint density at radius 1 is 1.35 bits per heavy atom. The van der Waals surface area contributed by atoms with Crippen molar-refractivity contribution in [3.05, 3.63) is 29.6 Å². The molecule has 6 nitrogen and oxygen atoms in total. The molecule has 1 heterocycles. The molecule has 0 radical (unpaired) electrons. The van der Waals surface area contributed by atoms with Gasteiger partial charge in [0.1, 0.15) is 5.82 Å². The number of aryl methyl sites for hydroxylation is 1. The Balaban J connectivity index is 2.33. The molecule has 0 aliphatic carbocycles. The predicted molar refractivity (Wildman–Crippen MR) is 84.4 cm³/mol. The highest BCUT2D eigenvalue weighted by Crippen LogP contribution is 2.27. The average molecular weight is 365 g/mol. The first-order chi connectivity index (χ1) is 10.7. The van der Waals surface area contributed by atoms with Gasteiger partial charge in [-0.2, -0.15) is 0 Å². The van der Waals surface area contributed by atoms with Gasteiger partial charge in [-0.25, -0.2) is 21.2 Å². The van der Waals surface area contributed by atoms with Crippen molar-refractivity contribution in [2.75, 3.05) is 31.8 Å². The molecule has 2 atom stereocenters. The van der Waals surface area contributed by atoms with E-state index < -0.39 is 42.5 Å². The van der Waals surface area contributed by atoms with Crippen molar-refractivity contribution in [1.82, 2.24) is 5.32 Å². The van der Waals surface area contributed by atoms with Crippen molar-refractivity contribution in [1.29, 1.82) is 0 Å². The van der Waals surface area contributed by atoms with E-state index in [0.29, 0.717) is 13.2 Å². The Morgan fingerprint density at radius 2 is 2.04 bits per heavy atom. The molecule has 1 aromatic carbocycles. The maximum atomic E-state index is 13.4. The number of hydrogen-bond acceptors (Lipinski definition) is 6. The van der Waals surface area contributed by atoms with Crippen molar-refractivity contribution in [3.8, 4) is 0 Å². The highest BCUT2D eigenvalue weighted by molar-refractivity contribution is 7.96. The lowest BCUT2D eigenvalue weighted by Gasteiger charge is -2.20. The van der Waals surface area contributed by atoms with E-state index in [-0.39, 0.29) is 16.2 Å². The second-order valence-electron chi connectivity index (χ2n) is 5.62. The first kappa shape index (κ1) is 18.3. The van der Waals surface area contributed by atoms with Gasteiger partial charge in [0.25, 0.3) is 0 Å². The fourth-order valence-electron chi connectivity index (χ4n) is 2.63. The molecule has 0 amide bonds. The molecule has 0 spiro atoms. The van der Waals surface area contributed by atoms with Gasteiger partial charge in [-0.05, 0) is 30.7 Å². The van der Waals surface area contributed by atoms with Crippen LogP contribution in [-0.4, -0.2) is 59.9 Å². The molecular weight excluding hydrogens is 345 g/mol. The van der Waals surface area contributed by atoms with Crippen LogP contribution in [0, 0.1) is 12.7 Å². The molecule has 0 aromatic heterocycles. The summed E-state index contributed by atoms with van der Waals surface area (Å²) in [6, 6.07) is 2.79. The molecule has 1 aliphatic rings. The summed E-state index contributed by atoms with van der Waals surface area (Å²) in [6.45, 7) is 2.16. The minimum atomic E-state index is -3.88. The van der Waals surface area contributed by atoms with E-state index in [4.69, 9.17) is 4.74 Å². The van der Waals surface area contributed by atoms with Gasteiger partial charge in [0.05, 0.1) is 28.3 Å². The lowest BCUT2D eigenvalue weighted by molar-refractivity contribution is 0.196. The molecule has 0 unspecified atom stereocenters. The van der Waals surface area contributed by atoms with E-state index in [1.165, 1.54) is 26.2 Å². The molecule has 1 aromatic rings. The monoisotopic (exact) mass is 365 g/mol. The van der Waals surface area contributed by atoms with Gasteiger partial charge in [0.2, 0.25) is 0 Å². The average Bonchev–Trinajstić information content (AvgIpc) is 2.78. The zero-order valence-electron chi connectivity index (χ0n) is 13.0. The third-order valence-corrected chi connectivity index (χ3v) is 8.02. The van der Waals surface area contributed by atoms with Crippen LogP contribution in [0.25, 0.3) is 0 Å². The molecule has 1 N–H and O–H groups in total. The highest BCUT2D eigenvalue weighted by atomic mass is 32.2. The summed E-state index contributed by atoms with van der Waals surface area (Å²) in [5.74, 6) is -1.17. The number of halogens is 1. The lowest BCUT2D eigenvalue weighted by atomic mass is 10.2. The zero-order valence-corrected chi connectivity index (χ0v) is 14.6. The van der Waals surface area contributed by atoms with Crippen molar-refractivity contribution in [3.63, 3.8) is 0 Å². The number of hydrogen-bond donors (Lipinski definition) is 1. The maximum absolute atomic E-state index is 13.4. The third-order valence-electron chi connectivity index (χ3n) is 3.87. The van der Waals surface area contributed by atoms with Crippen LogP contribution in [0.3, 0.4) is 0 Å². The molecular formula is C14H20FNO5S2. The largest absolute Gasteiger partial charge is 0.383 e. The fourth-order valence-corrected chi connectivity index (χ4v) is 7.43. The van der Waals surface area contributed by atoms with E-state index in [2.05, 4.69) is 5.32 Å². The summed E-state index contributed by atoms with van der Waals surface area (Å²) >= 11 is 0. The van der Waals surface area contributed by atoms with Gasteiger partial charge in [-0.1, -0.05) is 0 Å². The Bertz CT molecular complexity index is 776. The van der Waals surface area contributed by atoms with E-state index >= 15 is 0 Å². The van der Waals surface area contributed by atoms with Crippen molar-refractivity contribution in [2.24, 2.45) is 0 Å². The second-order valence-corrected chi connectivity index (χ2v) is 9.95. The molecule has 2 rings (SSSR count). The van der Waals surface area contributed by atoms with Crippen LogP contribution in [-0.2, 0) is 24.4 Å². The standard InChI is InChI=1S/C14H20FNO5S2/c1-10-7-11(3-4-12(10)15)23(19,20)14-9-22(17,18)8-13(14)16-5-6-21-2/h3-4,7,13-14,16H,5-6,8-9H2,1-2H3/t13-,14-/m1/s1. The second kappa shape index (κ2) is 6.84. The van der Waals surface area contributed by atoms with Crippen LogP contribution in [0.5, 0.6) is 0 Å². The van der Waals surface area contributed by atoms with Crippen LogP contribution in [0.1, 0.15) is 5.56 Å². The fraction of sp³-hybridized carbons (Fsp3) is 0.571. The van der Waals surface area contributed by atoms with E-state index in [1.807, 2.05) is 0 Å². The summed E-state index contributed by atoms with van der Waals surface area (Å²) in [5.41, 5.74) is 0.204. The minimum absolute atomic E-state index is 0.0583. The van der Waals surface area contributed by atoms with E-state index in [9.17, 15) is 21.2 Å². The molecule has 1 saturated heterocycles. The van der Waals surface area contributed by atoms with Crippen LogP contribution < -0.4 is 5.32 Å². The predicted octanol–water partition coefficient (Wildman–Crippen LogP) is 0.309. The molecule has 1 aliphatic heterocycles. The Labute approximate surface area is 135 Å². The Morgan fingerprint density at radius 3 is 2.65 bits per heavy atom. The number of benzene rings is 1. The van der Waals surface area contributed by atoms with Crippen LogP contribution in [0.15, 0.2) is 23.1 Å². The first-order valence-electron chi connectivity index (χ1n) is 7.10. The van der Waals surface area contributed by atoms with Crippen LogP contribution in [0.4, 0.5) is 4.39 Å². The maximum Gasteiger partial charge on any atom is 0.183 e. The lowest BCUT2D eigenvalue weighted by Crippen LogP contribution is -2.44. The zero-order chi connectivity index (χ0) is 17.3. The quantitative estimate of drug-likeness (QED) is 0.576. The summed E-state index contributed by atoms with van der Waals surface area (Å²) in [7, 11) is -5.83. The van der Waals surface area contributed by atoms with Crippen molar-refractivity contribution in [2.45, 2.75) is 23.1 Å². The van der Waals surface area contributed by atoms with Crippen LogP contribution in [0.2, 0.25) is 0 Å². The van der Waals surface area contributed by atoms with Gasteiger partial charge in [-0.15, -0.1) is 0 Å². The van der Waals surface area contributed by atoms with Gasteiger partial charge >= 0.3 is 0 Å². The third kappa shape index (κ3) is 4.09. The molecule has 1 fully saturated rings. The molecule has 0 saturated carbocycles. The minimum Gasteiger partial charge on any atom is -0.383 e. The molecule has 130 valence electrons. The van der Waals surface area contributed by atoms with Gasteiger partial charge in [0, 0.05) is 19.7 Å². The van der Waals surface area contributed by atoms with Gasteiger partial charge in [0.15, 0.2) is 19.7 Å². The highest BCUT2D eigenvalue weighted by Gasteiger charge is 2.45. The topological polar surface area (TPSA) is 89.5 Å². The Hall–Kier alpha value is -1.03. The SMILES string of the molecule is COCCN[C@@H]1CS(=O)(=O)C[C@H]1S(=O)(=O)c1ccc(F)c(C)c1. The van der Waals surface area contributed by atoms with Gasteiger partial charge < -0.3 is 10.1 Å². The summed E-state index contributed by atoms with van der Waals surface area (Å²) in [6.07, 6.45) is 0. The van der Waals surface area contributed by atoms with E-state index in [0.717, 1.165) is 6.07 Å². The summed E-state index contributed by atoms with van der Waals surface area (Å²) < 4.78 is 67.6.